The monoisotopic (exact) mass is 245 g/mol. The maximum atomic E-state index is 3.81. The Balaban J connectivity index is 2.25. The van der Waals surface area contributed by atoms with Gasteiger partial charge in [0.25, 0.3) is 0 Å². The molecule has 0 amide bonds. The Hall–Kier alpha value is -1.08. The normalized spacial score (nSPS) is 12.3. The van der Waals surface area contributed by atoms with E-state index in [4.69, 9.17) is 0 Å². The van der Waals surface area contributed by atoms with Crippen LogP contribution in [0.25, 0.3) is 0 Å². The van der Waals surface area contributed by atoms with Crippen molar-refractivity contribution in [3.8, 4) is 0 Å². The van der Waals surface area contributed by atoms with E-state index in [2.05, 4.69) is 49.2 Å². The van der Waals surface area contributed by atoms with Gasteiger partial charge < -0.3 is 5.32 Å². The van der Waals surface area contributed by atoms with Crippen LogP contribution in [-0.2, 0) is 6.42 Å². The fraction of sp³-hybridized carbons (Fsp3) is 0.529. The van der Waals surface area contributed by atoms with Gasteiger partial charge in [-0.3, -0.25) is 0 Å². The van der Waals surface area contributed by atoms with E-state index in [1.165, 1.54) is 37.7 Å². The topological polar surface area (TPSA) is 12.0 Å². The van der Waals surface area contributed by atoms with E-state index in [1.54, 1.807) is 0 Å². The molecule has 0 saturated heterocycles. The second kappa shape index (κ2) is 9.90. The summed E-state index contributed by atoms with van der Waals surface area (Å²) in [5.74, 6) is 0. The molecule has 0 aliphatic rings. The molecule has 0 heterocycles. The molecule has 100 valence electrons. The lowest BCUT2D eigenvalue weighted by Gasteiger charge is -2.17. The molecule has 18 heavy (non-hydrogen) atoms. The van der Waals surface area contributed by atoms with Crippen LogP contribution < -0.4 is 5.32 Å². The number of benzene rings is 1. The molecular formula is C17H27N. The summed E-state index contributed by atoms with van der Waals surface area (Å²) in [5, 5.41) is 3.64. The lowest BCUT2D eigenvalue weighted by Crippen LogP contribution is -2.29. The van der Waals surface area contributed by atoms with Crippen molar-refractivity contribution in [3.05, 3.63) is 48.6 Å². The van der Waals surface area contributed by atoms with Crippen LogP contribution in [0.15, 0.2) is 43.0 Å². The molecule has 0 bridgehead atoms. The quantitative estimate of drug-likeness (QED) is 0.604. The summed E-state index contributed by atoms with van der Waals surface area (Å²) < 4.78 is 0. The van der Waals surface area contributed by atoms with Gasteiger partial charge in [0.15, 0.2) is 0 Å². The smallest absolute Gasteiger partial charge is 0.00701 e. The first-order valence-corrected chi connectivity index (χ1v) is 7.25. The number of hydrogen-bond acceptors (Lipinski definition) is 1. The molecular weight excluding hydrogens is 218 g/mol. The number of aryl methyl sites for hydroxylation is 1. The highest BCUT2D eigenvalue weighted by Gasteiger charge is 2.06. The summed E-state index contributed by atoms with van der Waals surface area (Å²) in [6.45, 7) is 7.17. The van der Waals surface area contributed by atoms with Crippen LogP contribution in [0, 0.1) is 0 Å². The van der Waals surface area contributed by atoms with E-state index in [9.17, 15) is 0 Å². The van der Waals surface area contributed by atoms with Crippen LogP contribution in [0.2, 0.25) is 0 Å². The first-order chi connectivity index (χ1) is 8.86. The Kier molecular flexibility index (Phi) is 8.24. The predicted molar refractivity (Wildman–Crippen MR) is 80.9 cm³/mol. The predicted octanol–water partition coefficient (Wildman–Crippen LogP) is 4.34. The minimum absolute atomic E-state index is 0.659. The zero-order chi connectivity index (χ0) is 13.1. The summed E-state index contributed by atoms with van der Waals surface area (Å²) in [5.41, 5.74) is 1.45. The second-order valence-electron chi connectivity index (χ2n) is 4.89. The number of hydrogen-bond donors (Lipinski definition) is 1. The zero-order valence-electron chi connectivity index (χ0n) is 11.7. The van der Waals surface area contributed by atoms with E-state index in [0.29, 0.717) is 6.04 Å². The minimum atomic E-state index is 0.659. The van der Waals surface area contributed by atoms with Gasteiger partial charge in [-0.25, -0.2) is 0 Å². The Morgan fingerprint density at radius 3 is 2.67 bits per heavy atom. The van der Waals surface area contributed by atoms with Gasteiger partial charge in [-0.05, 0) is 50.6 Å². The summed E-state index contributed by atoms with van der Waals surface area (Å²) in [4.78, 5) is 0. The van der Waals surface area contributed by atoms with Gasteiger partial charge in [0.1, 0.15) is 0 Å². The van der Waals surface area contributed by atoms with Gasteiger partial charge in [-0.2, -0.15) is 0 Å². The average molecular weight is 245 g/mol. The van der Waals surface area contributed by atoms with Gasteiger partial charge in [-0.1, -0.05) is 43.3 Å². The van der Waals surface area contributed by atoms with E-state index < -0.39 is 0 Å². The lowest BCUT2D eigenvalue weighted by molar-refractivity contribution is 0.444. The molecule has 1 atom stereocenters. The molecule has 1 N–H and O–H groups in total. The highest BCUT2D eigenvalue weighted by molar-refractivity contribution is 5.14. The van der Waals surface area contributed by atoms with Crippen LogP contribution in [0.5, 0.6) is 0 Å². The van der Waals surface area contributed by atoms with Crippen LogP contribution in [0.1, 0.15) is 44.6 Å². The first-order valence-electron chi connectivity index (χ1n) is 7.25. The SMILES string of the molecule is C=CCCC(CCCc1ccccc1)NCCC. The van der Waals surface area contributed by atoms with Gasteiger partial charge >= 0.3 is 0 Å². The van der Waals surface area contributed by atoms with Crippen molar-refractivity contribution < 1.29 is 0 Å². The van der Waals surface area contributed by atoms with E-state index >= 15 is 0 Å². The van der Waals surface area contributed by atoms with Gasteiger partial charge in [0, 0.05) is 6.04 Å². The van der Waals surface area contributed by atoms with Crippen molar-refractivity contribution in [3.63, 3.8) is 0 Å². The maximum Gasteiger partial charge on any atom is 0.00701 e. The molecule has 1 nitrogen and oxygen atoms in total. The van der Waals surface area contributed by atoms with Crippen molar-refractivity contribution in [1.29, 1.82) is 0 Å². The van der Waals surface area contributed by atoms with Crippen LogP contribution in [0.3, 0.4) is 0 Å². The third kappa shape index (κ3) is 6.61. The number of nitrogens with one attached hydrogen (secondary N) is 1. The Bertz CT molecular complexity index is 305. The van der Waals surface area contributed by atoms with Crippen molar-refractivity contribution in [2.24, 2.45) is 0 Å². The highest BCUT2D eigenvalue weighted by atomic mass is 14.9. The molecule has 0 aromatic heterocycles. The molecule has 1 heteroatoms. The van der Waals surface area contributed by atoms with Crippen LogP contribution in [-0.4, -0.2) is 12.6 Å². The molecule has 0 saturated carbocycles. The van der Waals surface area contributed by atoms with E-state index in [0.717, 1.165) is 13.0 Å². The third-order valence-corrected chi connectivity index (χ3v) is 3.26. The number of rotatable bonds is 10. The lowest BCUT2D eigenvalue weighted by atomic mass is 10.0. The van der Waals surface area contributed by atoms with Gasteiger partial charge in [0.05, 0.1) is 0 Å². The van der Waals surface area contributed by atoms with Gasteiger partial charge in [0.2, 0.25) is 0 Å². The third-order valence-electron chi connectivity index (χ3n) is 3.26. The Labute approximate surface area is 112 Å². The molecule has 1 aromatic carbocycles. The van der Waals surface area contributed by atoms with Crippen molar-refractivity contribution in [2.75, 3.05) is 6.54 Å². The van der Waals surface area contributed by atoms with Crippen molar-refractivity contribution >= 4 is 0 Å². The average Bonchev–Trinajstić information content (AvgIpc) is 2.42. The largest absolute Gasteiger partial charge is 0.314 e. The molecule has 0 aliphatic carbocycles. The van der Waals surface area contributed by atoms with E-state index in [-0.39, 0.29) is 0 Å². The standard InChI is InChI=1S/C17H27N/c1-3-5-13-17(18-15-4-2)14-9-12-16-10-7-6-8-11-16/h3,6-8,10-11,17-18H,1,4-5,9,12-15H2,2H3. The van der Waals surface area contributed by atoms with Crippen molar-refractivity contribution in [1.82, 2.24) is 5.32 Å². The zero-order valence-corrected chi connectivity index (χ0v) is 11.7. The molecule has 0 aliphatic heterocycles. The minimum Gasteiger partial charge on any atom is -0.314 e. The second-order valence-corrected chi connectivity index (χ2v) is 4.89. The summed E-state index contributed by atoms with van der Waals surface area (Å²) in [6, 6.07) is 11.4. The Morgan fingerprint density at radius 1 is 1.22 bits per heavy atom. The molecule has 0 spiro atoms. The Morgan fingerprint density at radius 2 is 2.00 bits per heavy atom. The highest BCUT2D eigenvalue weighted by Crippen LogP contribution is 2.10. The maximum absolute atomic E-state index is 3.81. The molecule has 1 unspecified atom stereocenters. The molecule has 1 aromatic rings. The summed E-state index contributed by atoms with van der Waals surface area (Å²) in [7, 11) is 0. The molecule has 0 radical (unpaired) electrons. The van der Waals surface area contributed by atoms with Crippen LogP contribution >= 0.6 is 0 Å². The van der Waals surface area contributed by atoms with Crippen molar-refractivity contribution in [2.45, 2.75) is 51.5 Å². The fourth-order valence-corrected chi connectivity index (χ4v) is 2.21. The van der Waals surface area contributed by atoms with Crippen LogP contribution in [0.4, 0.5) is 0 Å². The van der Waals surface area contributed by atoms with Gasteiger partial charge in [-0.15, -0.1) is 6.58 Å². The molecule has 0 fully saturated rings. The summed E-state index contributed by atoms with van der Waals surface area (Å²) >= 11 is 0. The molecule has 1 rings (SSSR count). The fourth-order valence-electron chi connectivity index (χ4n) is 2.21. The first kappa shape index (κ1) is 15.0. The number of allylic oxidation sites excluding steroid dienone is 1. The summed E-state index contributed by atoms with van der Waals surface area (Å²) in [6.07, 6.45) is 9.30. The van der Waals surface area contributed by atoms with E-state index in [1.807, 2.05) is 6.08 Å².